The fourth-order valence-electron chi connectivity index (χ4n) is 1.14. The van der Waals surface area contributed by atoms with Crippen molar-refractivity contribution in [3.63, 3.8) is 0 Å². The van der Waals surface area contributed by atoms with Crippen molar-refractivity contribution in [1.29, 1.82) is 0 Å². The number of nitrogens with two attached hydrogens (primary N) is 1. The third-order valence-corrected chi connectivity index (χ3v) is 1.73. The van der Waals surface area contributed by atoms with Gasteiger partial charge in [-0.1, -0.05) is 0 Å². The minimum atomic E-state index is 0.394. The maximum absolute atomic E-state index is 5.51. The Morgan fingerprint density at radius 1 is 1.43 bits per heavy atom. The van der Waals surface area contributed by atoms with Crippen LogP contribution in [0.4, 0.5) is 0 Å². The molecule has 0 saturated carbocycles. The highest BCUT2D eigenvalue weighted by Gasteiger charge is 2.03. The predicted octanol–water partition coefficient (Wildman–Crippen LogP) is -0.176. The first-order chi connectivity index (χ1) is 6.79. The second-order valence-electron chi connectivity index (χ2n) is 2.84. The first-order valence-electron chi connectivity index (χ1n) is 4.19. The van der Waals surface area contributed by atoms with Crippen molar-refractivity contribution >= 4 is 0 Å². The third-order valence-electron chi connectivity index (χ3n) is 1.73. The van der Waals surface area contributed by atoms with Gasteiger partial charge in [0, 0.05) is 12.2 Å². The predicted molar refractivity (Wildman–Crippen MR) is 49.6 cm³/mol. The van der Waals surface area contributed by atoms with Crippen LogP contribution >= 0.6 is 0 Å². The zero-order chi connectivity index (χ0) is 9.97. The molecular weight excluding hydrogens is 180 g/mol. The van der Waals surface area contributed by atoms with E-state index in [-0.39, 0.29) is 0 Å². The maximum Gasteiger partial charge on any atom is 0.252 e. The lowest BCUT2D eigenvalue weighted by Gasteiger charge is -2.02. The van der Waals surface area contributed by atoms with Gasteiger partial charge in [-0.05, 0) is 13.0 Å². The van der Waals surface area contributed by atoms with E-state index in [1.54, 1.807) is 6.33 Å². The molecule has 72 valence electrons. The summed E-state index contributed by atoms with van der Waals surface area (Å²) in [5, 5.41) is 3.94. The van der Waals surface area contributed by atoms with Crippen LogP contribution in [-0.4, -0.2) is 24.7 Å². The van der Waals surface area contributed by atoms with Gasteiger partial charge >= 0.3 is 0 Å². The van der Waals surface area contributed by atoms with Crippen molar-refractivity contribution in [1.82, 2.24) is 24.7 Å². The zero-order valence-electron chi connectivity index (χ0n) is 7.75. The fourth-order valence-corrected chi connectivity index (χ4v) is 1.14. The van der Waals surface area contributed by atoms with Gasteiger partial charge in [0.25, 0.3) is 5.95 Å². The molecule has 0 radical (unpaired) electrons. The van der Waals surface area contributed by atoms with Gasteiger partial charge in [-0.25, -0.2) is 15.0 Å². The lowest BCUT2D eigenvalue weighted by atomic mass is 10.3. The van der Waals surface area contributed by atoms with E-state index in [1.807, 2.05) is 13.0 Å². The standard InChI is InChI=1S/C8H10N6/c1-6-2-7(3-9)13-8(12-6)14-5-10-4-11-14/h2,4-5H,3,9H2,1H3. The van der Waals surface area contributed by atoms with E-state index in [0.717, 1.165) is 11.4 Å². The summed E-state index contributed by atoms with van der Waals surface area (Å²) in [6, 6.07) is 1.85. The van der Waals surface area contributed by atoms with Crippen LogP contribution in [0.5, 0.6) is 0 Å². The molecule has 6 nitrogen and oxygen atoms in total. The molecular formula is C8H10N6. The molecule has 2 N–H and O–H groups in total. The molecule has 0 atom stereocenters. The molecule has 6 heteroatoms. The van der Waals surface area contributed by atoms with Gasteiger partial charge in [-0.2, -0.15) is 9.78 Å². The van der Waals surface area contributed by atoms with E-state index in [1.165, 1.54) is 11.0 Å². The van der Waals surface area contributed by atoms with Gasteiger partial charge in [0.05, 0.1) is 5.69 Å². The van der Waals surface area contributed by atoms with Gasteiger partial charge in [0.2, 0.25) is 0 Å². The summed E-state index contributed by atoms with van der Waals surface area (Å²) >= 11 is 0. The summed E-state index contributed by atoms with van der Waals surface area (Å²) in [6.07, 6.45) is 2.99. The average Bonchev–Trinajstić information content (AvgIpc) is 2.69. The highest BCUT2D eigenvalue weighted by molar-refractivity contribution is 5.17. The number of hydrogen-bond acceptors (Lipinski definition) is 5. The monoisotopic (exact) mass is 190 g/mol. The minimum absolute atomic E-state index is 0.394. The molecule has 0 unspecified atom stereocenters. The first kappa shape index (κ1) is 8.76. The fraction of sp³-hybridized carbons (Fsp3) is 0.250. The molecule has 0 fully saturated rings. The molecule has 2 rings (SSSR count). The summed E-state index contributed by atoms with van der Waals surface area (Å²) in [7, 11) is 0. The van der Waals surface area contributed by atoms with E-state index in [2.05, 4.69) is 20.1 Å². The molecule has 0 bridgehead atoms. The average molecular weight is 190 g/mol. The van der Waals surface area contributed by atoms with Gasteiger partial charge in [-0.3, -0.25) is 0 Å². The summed E-state index contributed by atoms with van der Waals surface area (Å²) in [5.74, 6) is 0.503. The Hall–Kier alpha value is -1.82. The second kappa shape index (κ2) is 3.51. The van der Waals surface area contributed by atoms with Crippen molar-refractivity contribution in [3.8, 4) is 5.95 Å². The molecule has 2 heterocycles. The summed E-state index contributed by atoms with van der Waals surface area (Å²) < 4.78 is 1.51. The lowest BCUT2D eigenvalue weighted by Crippen LogP contribution is -2.08. The van der Waals surface area contributed by atoms with Crippen LogP contribution in [0.1, 0.15) is 11.4 Å². The number of hydrogen-bond donors (Lipinski definition) is 1. The number of aryl methyl sites for hydroxylation is 1. The minimum Gasteiger partial charge on any atom is -0.325 e. The molecule has 2 aromatic heterocycles. The van der Waals surface area contributed by atoms with Crippen LogP contribution in [0.25, 0.3) is 5.95 Å². The molecule has 2 aromatic rings. The Balaban J connectivity index is 2.48. The van der Waals surface area contributed by atoms with Crippen molar-refractivity contribution in [2.24, 2.45) is 5.73 Å². The smallest absolute Gasteiger partial charge is 0.252 e. The summed E-state index contributed by atoms with van der Waals surface area (Å²) in [5.41, 5.74) is 7.17. The van der Waals surface area contributed by atoms with Crippen molar-refractivity contribution < 1.29 is 0 Å². The molecule has 14 heavy (non-hydrogen) atoms. The van der Waals surface area contributed by atoms with E-state index >= 15 is 0 Å². The van der Waals surface area contributed by atoms with Crippen LogP contribution in [-0.2, 0) is 6.54 Å². The second-order valence-corrected chi connectivity index (χ2v) is 2.84. The quantitative estimate of drug-likeness (QED) is 0.710. The van der Waals surface area contributed by atoms with Crippen molar-refractivity contribution in [2.45, 2.75) is 13.5 Å². The molecule has 0 amide bonds. The highest BCUT2D eigenvalue weighted by Crippen LogP contribution is 2.02. The van der Waals surface area contributed by atoms with Gasteiger partial charge in [-0.15, -0.1) is 0 Å². The summed E-state index contributed by atoms with van der Waals surface area (Å²) in [6.45, 7) is 2.28. The lowest BCUT2D eigenvalue weighted by molar-refractivity contribution is 0.781. The van der Waals surface area contributed by atoms with Crippen LogP contribution in [0.15, 0.2) is 18.7 Å². The Bertz CT molecular complexity index is 421. The Morgan fingerprint density at radius 3 is 2.93 bits per heavy atom. The van der Waals surface area contributed by atoms with E-state index in [9.17, 15) is 0 Å². The molecule has 0 saturated heterocycles. The molecule has 0 aliphatic heterocycles. The van der Waals surface area contributed by atoms with Crippen LogP contribution in [0, 0.1) is 6.92 Å². The zero-order valence-corrected chi connectivity index (χ0v) is 7.75. The molecule has 0 aliphatic carbocycles. The van der Waals surface area contributed by atoms with Crippen LogP contribution < -0.4 is 5.73 Å². The van der Waals surface area contributed by atoms with Gasteiger partial charge < -0.3 is 5.73 Å². The molecule has 0 spiro atoms. The Morgan fingerprint density at radius 2 is 2.29 bits per heavy atom. The summed E-state index contributed by atoms with van der Waals surface area (Å²) in [4.78, 5) is 12.3. The first-order valence-corrected chi connectivity index (χ1v) is 4.19. The van der Waals surface area contributed by atoms with E-state index in [4.69, 9.17) is 5.73 Å². The Kier molecular flexibility index (Phi) is 2.19. The molecule has 0 aromatic carbocycles. The highest BCUT2D eigenvalue weighted by atomic mass is 15.4. The largest absolute Gasteiger partial charge is 0.325 e. The van der Waals surface area contributed by atoms with Crippen molar-refractivity contribution in [2.75, 3.05) is 0 Å². The van der Waals surface area contributed by atoms with Crippen LogP contribution in [0.3, 0.4) is 0 Å². The number of nitrogens with zero attached hydrogens (tertiary/aromatic N) is 5. The van der Waals surface area contributed by atoms with E-state index < -0.39 is 0 Å². The van der Waals surface area contributed by atoms with Gasteiger partial charge in [0.1, 0.15) is 12.7 Å². The van der Waals surface area contributed by atoms with E-state index in [0.29, 0.717) is 12.5 Å². The topological polar surface area (TPSA) is 82.5 Å². The molecule has 0 aliphatic rings. The normalized spacial score (nSPS) is 10.4. The van der Waals surface area contributed by atoms with Crippen LogP contribution in [0.2, 0.25) is 0 Å². The number of aromatic nitrogens is 5. The number of rotatable bonds is 2. The SMILES string of the molecule is Cc1cc(CN)nc(-n2cncn2)n1. The maximum atomic E-state index is 5.51. The van der Waals surface area contributed by atoms with Crippen molar-refractivity contribution in [3.05, 3.63) is 30.1 Å². The Labute approximate surface area is 80.8 Å². The van der Waals surface area contributed by atoms with Gasteiger partial charge in [0.15, 0.2) is 0 Å². The third kappa shape index (κ3) is 1.60.